The van der Waals surface area contributed by atoms with E-state index < -0.39 is 11.7 Å². The van der Waals surface area contributed by atoms with Gasteiger partial charge in [0.15, 0.2) is 12.0 Å². The first-order chi connectivity index (χ1) is 14.4. The lowest BCUT2D eigenvalue weighted by Gasteiger charge is -2.22. The molecule has 156 valence electrons. The number of alkyl halides is 3. The van der Waals surface area contributed by atoms with Crippen LogP contribution >= 0.6 is 0 Å². The molecule has 3 nitrogen and oxygen atoms in total. The van der Waals surface area contributed by atoms with Crippen LogP contribution in [-0.2, 0) is 6.18 Å². The normalized spacial score (nSPS) is 15.2. The first-order valence-electron chi connectivity index (χ1n) is 9.98. The third-order valence-corrected chi connectivity index (χ3v) is 5.50. The summed E-state index contributed by atoms with van der Waals surface area (Å²) in [5.74, 6) is 1.47. The Morgan fingerprint density at radius 2 is 1.67 bits per heavy atom. The lowest BCUT2D eigenvalue weighted by atomic mass is 9.84. The van der Waals surface area contributed by atoms with Crippen molar-refractivity contribution < 1.29 is 27.1 Å². The molecular formula is C24H21F3O3. The molecule has 30 heavy (non-hydrogen) atoms. The van der Waals surface area contributed by atoms with E-state index in [1.54, 1.807) is 0 Å². The van der Waals surface area contributed by atoms with Gasteiger partial charge >= 0.3 is 6.18 Å². The summed E-state index contributed by atoms with van der Waals surface area (Å²) in [5, 5.41) is 0. The fraction of sp³-hybridized carbons (Fsp3) is 0.292. The molecule has 1 aliphatic carbocycles. The maximum atomic E-state index is 13.2. The molecule has 1 fully saturated rings. The average molecular weight is 414 g/mol. The second kappa shape index (κ2) is 8.38. The van der Waals surface area contributed by atoms with Crippen LogP contribution in [-0.4, -0.2) is 6.29 Å². The number of aldehydes is 1. The molecule has 0 amide bonds. The van der Waals surface area contributed by atoms with Crippen molar-refractivity contribution in [1.82, 2.24) is 0 Å². The van der Waals surface area contributed by atoms with Gasteiger partial charge in [-0.1, -0.05) is 31.4 Å². The number of carbonyl (C=O) groups excluding carboxylic acids is 1. The fourth-order valence-corrected chi connectivity index (χ4v) is 3.92. The van der Waals surface area contributed by atoms with E-state index in [9.17, 15) is 18.0 Å². The van der Waals surface area contributed by atoms with Gasteiger partial charge in [-0.15, -0.1) is 0 Å². The molecule has 0 spiro atoms. The summed E-state index contributed by atoms with van der Waals surface area (Å²) in [5.41, 5.74) is 0.576. The highest BCUT2D eigenvalue weighted by Crippen LogP contribution is 2.40. The molecule has 4 rings (SSSR count). The largest absolute Gasteiger partial charge is 0.457 e. The highest BCUT2D eigenvalue weighted by atomic mass is 19.4. The number of rotatable bonds is 5. The summed E-state index contributed by atoms with van der Waals surface area (Å²) in [6.07, 6.45) is 2.12. The molecule has 1 saturated carbocycles. The Kier molecular flexibility index (Phi) is 5.66. The molecule has 0 aliphatic heterocycles. The van der Waals surface area contributed by atoms with Crippen LogP contribution in [0.3, 0.4) is 0 Å². The molecule has 0 bridgehead atoms. The zero-order valence-corrected chi connectivity index (χ0v) is 16.2. The molecule has 1 aliphatic rings. The minimum Gasteiger partial charge on any atom is -0.457 e. The van der Waals surface area contributed by atoms with Gasteiger partial charge in [0, 0.05) is 0 Å². The maximum Gasteiger partial charge on any atom is 0.416 e. The number of hydrogen-bond donors (Lipinski definition) is 0. The molecule has 0 saturated heterocycles. The van der Waals surface area contributed by atoms with Crippen molar-refractivity contribution in [1.29, 1.82) is 0 Å². The molecule has 0 radical (unpaired) electrons. The van der Waals surface area contributed by atoms with Crippen molar-refractivity contribution in [2.24, 2.45) is 0 Å². The van der Waals surface area contributed by atoms with Gasteiger partial charge in [-0.25, -0.2) is 0 Å². The van der Waals surface area contributed by atoms with Crippen LogP contribution in [0, 0.1) is 0 Å². The van der Waals surface area contributed by atoms with Crippen molar-refractivity contribution in [2.75, 3.05) is 0 Å². The van der Waals surface area contributed by atoms with Crippen LogP contribution in [0.15, 0.2) is 59.0 Å². The van der Waals surface area contributed by atoms with E-state index in [0.717, 1.165) is 12.1 Å². The van der Waals surface area contributed by atoms with Gasteiger partial charge in [0.2, 0.25) is 0 Å². The predicted molar refractivity (Wildman–Crippen MR) is 107 cm³/mol. The first-order valence-corrected chi connectivity index (χ1v) is 9.98. The number of benzene rings is 2. The first kappa shape index (κ1) is 20.3. The molecule has 0 N–H and O–H groups in total. The Morgan fingerprint density at radius 1 is 0.933 bits per heavy atom. The van der Waals surface area contributed by atoms with Gasteiger partial charge in [0.25, 0.3) is 0 Å². The number of halogens is 3. The summed E-state index contributed by atoms with van der Waals surface area (Å²) in [7, 11) is 0. The third-order valence-electron chi connectivity index (χ3n) is 5.50. The van der Waals surface area contributed by atoms with Gasteiger partial charge in [-0.2, -0.15) is 13.2 Å². The van der Waals surface area contributed by atoms with Crippen molar-refractivity contribution in [3.05, 3.63) is 71.5 Å². The van der Waals surface area contributed by atoms with E-state index in [2.05, 4.69) is 0 Å². The zero-order valence-electron chi connectivity index (χ0n) is 16.2. The van der Waals surface area contributed by atoms with E-state index >= 15 is 0 Å². The number of hydrogen-bond acceptors (Lipinski definition) is 3. The average Bonchev–Trinajstić information content (AvgIpc) is 3.23. The number of ether oxygens (including phenoxy) is 1. The smallest absolute Gasteiger partial charge is 0.416 e. The van der Waals surface area contributed by atoms with Crippen LogP contribution in [0.1, 0.15) is 59.7 Å². The Balaban J connectivity index is 1.63. The second-order valence-corrected chi connectivity index (χ2v) is 7.53. The van der Waals surface area contributed by atoms with Crippen LogP contribution < -0.4 is 4.74 Å². The van der Waals surface area contributed by atoms with E-state index in [-0.39, 0.29) is 22.8 Å². The van der Waals surface area contributed by atoms with Crippen molar-refractivity contribution in [2.45, 2.75) is 44.2 Å². The summed E-state index contributed by atoms with van der Waals surface area (Å²) >= 11 is 0. The standard InChI is InChI=1S/C24H21F3O3/c25-24(26,27)18-8-12-22(21(14-18)23-13-11-20(15-28)30-23)29-19-9-6-17(7-10-19)16-4-2-1-3-5-16/h6-16H,1-5H2. The molecule has 0 atom stereocenters. The molecule has 2 aromatic carbocycles. The number of furan rings is 1. The Bertz CT molecular complexity index is 1010. The molecule has 6 heteroatoms. The van der Waals surface area contributed by atoms with E-state index in [0.29, 0.717) is 18.0 Å². The van der Waals surface area contributed by atoms with Gasteiger partial charge in [-0.3, -0.25) is 4.79 Å². The molecule has 3 aromatic rings. The Morgan fingerprint density at radius 3 is 2.30 bits per heavy atom. The third kappa shape index (κ3) is 4.42. The minimum atomic E-state index is -4.50. The lowest BCUT2D eigenvalue weighted by Crippen LogP contribution is -2.05. The van der Waals surface area contributed by atoms with Gasteiger partial charge < -0.3 is 9.15 Å². The van der Waals surface area contributed by atoms with Crippen molar-refractivity contribution in [3.63, 3.8) is 0 Å². The van der Waals surface area contributed by atoms with Crippen molar-refractivity contribution >= 4 is 6.29 Å². The summed E-state index contributed by atoms with van der Waals surface area (Å²) in [4.78, 5) is 10.9. The van der Waals surface area contributed by atoms with Gasteiger partial charge in [-0.05, 0) is 66.8 Å². The monoisotopic (exact) mass is 414 g/mol. The summed E-state index contributed by atoms with van der Waals surface area (Å²) in [6, 6.07) is 13.8. The summed E-state index contributed by atoms with van der Waals surface area (Å²) in [6.45, 7) is 0. The number of carbonyl (C=O) groups is 1. The zero-order chi connectivity index (χ0) is 21.1. The Hall–Kier alpha value is -3.02. The quantitative estimate of drug-likeness (QED) is 0.403. The van der Waals surface area contributed by atoms with Gasteiger partial charge in [0.05, 0.1) is 11.1 Å². The van der Waals surface area contributed by atoms with Gasteiger partial charge in [0.1, 0.15) is 17.3 Å². The van der Waals surface area contributed by atoms with Crippen LogP contribution in [0.25, 0.3) is 11.3 Å². The second-order valence-electron chi connectivity index (χ2n) is 7.53. The fourth-order valence-electron chi connectivity index (χ4n) is 3.92. The predicted octanol–water partition coefficient (Wildman–Crippen LogP) is 7.62. The van der Waals surface area contributed by atoms with Crippen LogP contribution in [0.5, 0.6) is 11.5 Å². The molecule has 1 aromatic heterocycles. The van der Waals surface area contributed by atoms with E-state index in [1.807, 2.05) is 24.3 Å². The highest BCUT2D eigenvalue weighted by Gasteiger charge is 2.32. The van der Waals surface area contributed by atoms with E-state index in [4.69, 9.17) is 9.15 Å². The van der Waals surface area contributed by atoms with Crippen LogP contribution in [0.2, 0.25) is 0 Å². The van der Waals surface area contributed by atoms with Crippen molar-refractivity contribution in [3.8, 4) is 22.8 Å². The molecule has 1 heterocycles. The SMILES string of the molecule is O=Cc1ccc(-c2cc(C(F)(F)F)ccc2Oc2ccc(C3CCCCC3)cc2)o1. The topological polar surface area (TPSA) is 39.4 Å². The molecular weight excluding hydrogens is 393 g/mol. The highest BCUT2D eigenvalue weighted by molar-refractivity contribution is 5.74. The maximum absolute atomic E-state index is 13.2. The minimum absolute atomic E-state index is 0.0326. The lowest BCUT2D eigenvalue weighted by molar-refractivity contribution is -0.137. The molecule has 0 unspecified atom stereocenters. The van der Waals surface area contributed by atoms with E-state index in [1.165, 1.54) is 55.9 Å². The van der Waals surface area contributed by atoms with Crippen LogP contribution in [0.4, 0.5) is 13.2 Å². The summed E-state index contributed by atoms with van der Waals surface area (Å²) < 4.78 is 50.9. The Labute approximate surface area is 172 Å².